The maximum atomic E-state index is 13.1. The van der Waals surface area contributed by atoms with Crippen molar-refractivity contribution >= 4 is 0 Å². The van der Waals surface area contributed by atoms with Gasteiger partial charge in [-0.1, -0.05) is 11.2 Å². The van der Waals surface area contributed by atoms with Crippen LogP contribution in [-0.4, -0.2) is 10.1 Å². The maximum absolute atomic E-state index is 13.1. The first-order valence-electron chi connectivity index (χ1n) is 6.13. The van der Waals surface area contributed by atoms with E-state index in [-0.39, 0.29) is 5.82 Å². The molecule has 0 radical (unpaired) electrons. The molecule has 0 saturated heterocycles. The van der Waals surface area contributed by atoms with Gasteiger partial charge in [-0.05, 0) is 30.3 Å². The standard InChI is InChI=1S/C14H12FN3O2/c15-11-4-1-3-10(7-11)14-17-13(18-20-14)9-16-8-12-5-2-6-19-12/h1-7,16H,8-9H2. The summed E-state index contributed by atoms with van der Waals surface area (Å²) < 4.78 is 23.4. The van der Waals surface area contributed by atoms with Crippen LogP contribution in [0.15, 0.2) is 51.6 Å². The number of aromatic nitrogens is 2. The minimum atomic E-state index is -0.335. The van der Waals surface area contributed by atoms with Crippen molar-refractivity contribution in [1.29, 1.82) is 0 Å². The molecule has 2 heterocycles. The Kier molecular flexibility index (Phi) is 3.56. The third kappa shape index (κ3) is 2.92. The first kappa shape index (κ1) is 12.6. The molecule has 102 valence electrons. The molecule has 0 atom stereocenters. The van der Waals surface area contributed by atoms with Crippen molar-refractivity contribution in [2.45, 2.75) is 13.1 Å². The lowest BCUT2D eigenvalue weighted by Gasteiger charge is -1.97. The van der Waals surface area contributed by atoms with Crippen LogP contribution in [0, 0.1) is 5.82 Å². The zero-order chi connectivity index (χ0) is 13.8. The molecule has 6 heteroatoms. The highest BCUT2D eigenvalue weighted by Crippen LogP contribution is 2.17. The van der Waals surface area contributed by atoms with E-state index < -0.39 is 0 Å². The topological polar surface area (TPSA) is 64.1 Å². The van der Waals surface area contributed by atoms with Crippen molar-refractivity contribution in [3.63, 3.8) is 0 Å². The third-order valence-corrected chi connectivity index (χ3v) is 2.70. The van der Waals surface area contributed by atoms with Gasteiger partial charge < -0.3 is 14.3 Å². The fraction of sp³-hybridized carbons (Fsp3) is 0.143. The highest BCUT2D eigenvalue weighted by atomic mass is 19.1. The molecule has 0 aliphatic carbocycles. The number of halogens is 1. The lowest BCUT2D eigenvalue weighted by molar-refractivity contribution is 0.416. The molecular weight excluding hydrogens is 261 g/mol. The van der Waals surface area contributed by atoms with E-state index in [1.807, 2.05) is 12.1 Å². The molecule has 0 aliphatic heterocycles. The fourth-order valence-electron chi connectivity index (χ4n) is 1.78. The van der Waals surface area contributed by atoms with Crippen LogP contribution in [0.3, 0.4) is 0 Å². The smallest absolute Gasteiger partial charge is 0.258 e. The molecular formula is C14H12FN3O2. The molecule has 0 spiro atoms. The number of furan rings is 1. The molecule has 0 fully saturated rings. The number of benzene rings is 1. The lowest BCUT2D eigenvalue weighted by atomic mass is 10.2. The van der Waals surface area contributed by atoms with Crippen LogP contribution in [0.25, 0.3) is 11.5 Å². The summed E-state index contributed by atoms with van der Waals surface area (Å²) >= 11 is 0. The van der Waals surface area contributed by atoms with E-state index in [2.05, 4.69) is 15.5 Å². The molecule has 0 bridgehead atoms. The lowest BCUT2D eigenvalue weighted by Crippen LogP contribution is -2.13. The molecule has 0 aliphatic rings. The van der Waals surface area contributed by atoms with Crippen LogP contribution in [0.1, 0.15) is 11.6 Å². The van der Waals surface area contributed by atoms with Crippen LogP contribution in [-0.2, 0) is 13.1 Å². The number of nitrogens with one attached hydrogen (secondary N) is 1. The van der Waals surface area contributed by atoms with E-state index >= 15 is 0 Å². The molecule has 3 rings (SSSR count). The Hall–Kier alpha value is -2.47. The highest BCUT2D eigenvalue weighted by molar-refractivity contribution is 5.52. The Labute approximate surface area is 114 Å². The van der Waals surface area contributed by atoms with Gasteiger partial charge in [0.25, 0.3) is 5.89 Å². The van der Waals surface area contributed by atoms with Crippen molar-refractivity contribution in [2.24, 2.45) is 0 Å². The summed E-state index contributed by atoms with van der Waals surface area (Å²) in [6.07, 6.45) is 1.62. The second kappa shape index (κ2) is 5.66. The second-order valence-corrected chi connectivity index (χ2v) is 4.21. The number of nitrogens with zero attached hydrogens (tertiary/aromatic N) is 2. The summed E-state index contributed by atoms with van der Waals surface area (Å²) in [5.41, 5.74) is 0.565. The third-order valence-electron chi connectivity index (χ3n) is 2.70. The largest absolute Gasteiger partial charge is 0.468 e. The zero-order valence-corrected chi connectivity index (χ0v) is 10.5. The van der Waals surface area contributed by atoms with Gasteiger partial charge in [-0.25, -0.2) is 4.39 Å². The van der Waals surface area contributed by atoms with Crippen molar-refractivity contribution in [3.05, 3.63) is 60.1 Å². The summed E-state index contributed by atoms with van der Waals surface area (Å²) in [7, 11) is 0. The van der Waals surface area contributed by atoms with Crippen LogP contribution in [0.4, 0.5) is 4.39 Å². The highest BCUT2D eigenvalue weighted by Gasteiger charge is 2.09. The molecule has 1 N–H and O–H groups in total. The minimum Gasteiger partial charge on any atom is -0.468 e. The average Bonchev–Trinajstić information content (AvgIpc) is 3.10. The van der Waals surface area contributed by atoms with Gasteiger partial charge in [0.2, 0.25) is 0 Å². The van der Waals surface area contributed by atoms with Gasteiger partial charge in [-0.2, -0.15) is 4.98 Å². The summed E-state index contributed by atoms with van der Waals surface area (Å²) in [5, 5.41) is 6.97. The SMILES string of the molecule is Fc1cccc(-c2nc(CNCc3ccco3)no2)c1. The van der Waals surface area contributed by atoms with Gasteiger partial charge in [0.05, 0.1) is 19.4 Å². The number of hydrogen-bond acceptors (Lipinski definition) is 5. The Morgan fingerprint density at radius 2 is 2.10 bits per heavy atom. The molecule has 5 nitrogen and oxygen atoms in total. The summed E-state index contributed by atoms with van der Waals surface area (Å²) in [5.74, 6) is 1.31. The van der Waals surface area contributed by atoms with Gasteiger partial charge in [0, 0.05) is 5.56 Å². The second-order valence-electron chi connectivity index (χ2n) is 4.21. The molecule has 0 amide bonds. The Morgan fingerprint density at radius 3 is 2.90 bits per heavy atom. The van der Waals surface area contributed by atoms with Crippen molar-refractivity contribution in [3.8, 4) is 11.5 Å². The summed E-state index contributed by atoms with van der Waals surface area (Å²) in [6.45, 7) is 1.02. The fourth-order valence-corrected chi connectivity index (χ4v) is 1.78. The summed E-state index contributed by atoms with van der Waals surface area (Å²) in [6, 6.07) is 9.74. The molecule has 2 aromatic heterocycles. The molecule has 0 saturated carbocycles. The van der Waals surface area contributed by atoms with Crippen molar-refractivity contribution in [1.82, 2.24) is 15.5 Å². The van der Waals surface area contributed by atoms with Crippen LogP contribution in [0.5, 0.6) is 0 Å². The van der Waals surface area contributed by atoms with E-state index in [1.165, 1.54) is 12.1 Å². The van der Waals surface area contributed by atoms with E-state index in [4.69, 9.17) is 8.94 Å². The van der Waals surface area contributed by atoms with Gasteiger partial charge >= 0.3 is 0 Å². The van der Waals surface area contributed by atoms with E-state index in [9.17, 15) is 4.39 Å². The predicted octanol–water partition coefficient (Wildman–Crippen LogP) is 2.76. The Bertz CT molecular complexity index is 679. The van der Waals surface area contributed by atoms with Crippen LogP contribution < -0.4 is 5.32 Å². The number of hydrogen-bond donors (Lipinski definition) is 1. The van der Waals surface area contributed by atoms with E-state index in [1.54, 1.807) is 18.4 Å². The Morgan fingerprint density at radius 1 is 1.15 bits per heavy atom. The van der Waals surface area contributed by atoms with E-state index in [0.717, 1.165) is 5.76 Å². The maximum Gasteiger partial charge on any atom is 0.258 e. The van der Waals surface area contributed by atoms with Crippen LogP contribution in [0.2, 0.25) is 0 Å². The predicted molar refractivity (Wildman–Crippen MR) is 68.9 cm³/mol. The molecule has 3 aromatic rings. The molecule has 1 aromatic carbocycles. The van der Waals surface area contributed by atoms with E-state index in [0.29, 0.717) is 30.4 Å². The normalized spacial score (nSPS) is 10.8. The van der Waals surface area contributed by atoms with Gasteiger partial charge in [-0.15, -0.1) is 0 Å². The first-order valence-corrected chi connectivity index (χ1v) is 6.13. The zero-order valence-electron chi connectivity index (χ0n) is 10.5. The number of rotatable bonds is 5. The molecule has 20 heavy (non-hydrogen) atoms. The van der Waals surface area contributed by atoms with Gasteiger partial charge in [0.15, 0.2) is 5.82 Å². The minimum absolute atomic E-state index is 0.305. The average molecular weight is 273 g/mol. The van der Waals surface area contributed by atoms with Gasteiger partial charge in [-0.3, -0.25) is 0 Å². The Balaban J connectivity index is 1.62. The van der Waals surface area contributed by atoms with Crippen LogP contribution >= 0.6 is 0 Å². The van der Waals surface area contributed by atoms with Gasteiger partial charge in [0.1, 0.15) is 11.6 Å². The monoisotopic (exact) mass is 273 g/mol. The first-order chi connectivity index (χ1) is 9.81. The van der Waals surface area contributed by atoms with Crippen molar-refractivity contribution in [2.75, 3.05) is 0 Å². The summed E-state index contributed by atoms with van der Waals surface area (Å²) in [4.78, 5) is 4.20. The molecule has 0 unspecified atom stereocenters. The quantitative estimate of drug-likeness (QED) is 0.774. The van der Waals surface area contributed by atoms with Crippen molar-refractivity contribution < 1.29 is 13.3 Å².